The predicted octanol–water partition coefficient (Wildman–Crippen LogP) is 6.59. The molecular weight excluding hydrogens is 435 g/mol. The van der Waals surface area contributed by atoms with Crippen molar-refractivity contribution in [3.05, 3.63) is 70.8 Å². The van der Waals surface area contributed by atoms with Crippen LogP contribution >= 0.6 is 12.4 Å². The van der Waals surface area contributed by atoms with Gasteiger partial charge >= 0.3 is 6.18 Å². The normalized spacial score (nSPS) is 17.3. The molecule has 1 N–H and O–H groups in total. The van der Waals surface area contributed by atoms with E-state index in [4.69, 9.17) is 0 Å². The lowest BCUT2D eigenvalue weighted by atomic mass is 9.80. The summed E-state index contributed by atoms with van der Waals surface area (Å²) in [5.74, 6) is 0.628. The second-order valence-corrected chi connectivity index (χ2v) is 10.1. The van der Waals surface area contributed by atoms with E-state index in [0.29, 0.717) is 37.4 Å². The second kappa shape index (κ2) is 10.1. The Kier molecular flexibility index (Phi) is 8.46. The number of piperidine rings is 1. The number of halogens is 4. The molecule has 2 aromatic rings. The molecule has 0 aliphatic carbocycles. The average Bonchev–Trinajstić information content (AvgIpc) is 2.69. The highest BCUT2D eigenvalue weighted by Gasteiger charge is 2.38. The van der Waals surface area contributed by atoms with Gasteiger partial charge in [-0.3, -0.25) is 0 Å². The molecule has 1 aliphatic rings. The van der Waals surface area contributed by atoms with E-state index in [2.05, 4.69) is 56.9 Å². The van der Waals surface area contributed by atoms with Gasteiger partial charge in [0.15, 0.2) is 0 Å². The molecule has 0 atom stereocenters. The zero-order valence-electron chi connectivity index (χ0n) is 19.4. The topological polar surface area (TPSA) is 23.5 Å². The zero-order chi connectivity index (χ0) is 22.9. The molecule has 0 saturated carbocycles. The molecule has 3 rings (SSSR count). The highest BCUT2D eigenvalue weighted by Crippen LogP contribution is 2.37. The van der Waals surface area contributed by atoms with E-state index in [9.17, 15) is 18.3 Å². The molecule has 0 spiro atoms. The first kappa shape index (κ1) is 26.7. The van der Waals surface area contributed by atoms with Gasteiger partial charge in [0, 0.05) is 25.0 Å². The Hall–Kier alpha value is -1.56. The van der Waals surface area contributed by atoms with Crippen molar-refractivity contribution in [2.45, 2.75) is 64.1 Å². The van der Waals surface area contributed by atoms with Crippen molar-refractivity contribution < 1.29 is 18.3 Å². The number of benzene rings is 2. The molecule has 32 heavy (non-hydrogen) atoms. The van der Waals surface area contributed by atoms with Gasteiger partial charge in [-0.15, -0.1) is 12.4 Å². The first-order valence-corrected chi connectivity index (χ1v) is 11.1. The van der Waals surface area contributed by atoms with Crippen LogP contribution in [0.4, 0.5) is 13.2 Å². The van der Waals surface area contributed by atoms with E-state index in [1.165, 1.54) is 17.2 Å². The SMILES string of the molecule is CC(C)Cc1ccc(C(C)(C)CN2CCC(O)(c3cccc(C(F)(F)F)c3)CC2)cc1.Cl. The number of hydrogen-bond acceptors (Lipinski definition) is 2. The average molecular weight is 470 g/mol. The Bertz CT molecular complexity index is 869. The zero-order valence-corrected chi connectivity index (χ0v) is 20.2. The molecule has 1 aliphatic heterocycles. The molecular formula is C26H35ClF3NO. The van der Waals surface area contributed by atoms with Gasteiger partial charge in [0.25, 0.3) is 0 Å². The third kappa shape index (κ3) is 6.49. The maximum atomic E-state index is 13.1. The monoisotopic (exact) mass is 469 g/mol. The standard InChI is InChI=1S/C26H34F3NO.ClH/c1-19(2)16-20-8-10-21(11-9-20)24(3,4)18-30-14-12-25(31,13-15-30)22-6-5-7-23(17-22)26(27,28)29;/h5-11,17,19,31H,12-16,18H2,1-4H3;1H. The Balaban J connectivity index is 0.00000363. The molecule has 1 heterocycles. The molecule has 2 nitrogen and oxygen atoms in total. The van der Waals surface area contributed by atoms with Gasteiger partial charge in [-0.2, -0.15) is 13.2 Å². The largest absolute Gasteiger partial charge is 0.416 e. The third-order valence-corrected chi connectivity index (χ3v) is 6.41. The lowest BCUT2D eigenvalue weighted by Crippen LogP contribution is -2.46. The molecule has 0 bridgehead atoms. The van der Waals surface area contributed by atoms with E-state index in [-0.39, 0.29) is 17.8 Å². The summed E-state index contributed by atoms with van der Waals surface area (Å²) in [5.41, 5.74) is 1.02. The first-order valence-electron chi connectivity index (χ1n) is 11.1. The summed E-state index contributed by atoms with van der Waals surface area (Å²) in [6.07, 6.45) is -2.47. The maximum absolute atomic E-state index is 13.1. The van der Waals surface area contributed by atoms with Crippen molar-refractivity contribution in [1.29, 1.82) is 0 Å². The predicted molar refractivity (Wildman–Crippen MR) is 126 cm³/mol. The number of hydrogen-bond donors (Lipinski definition) is 1. The smallest absolute Gasteiger partial charge is 0.385 e. The van der Waals surface area contributed by atoms with Crippen LogP contribution in [0, 0.1) is 5.92 Å². The van der Waals surface area contributed by atoms with Gasteiger partial charge < -0.3 is 10.0 Å². The van der Waals surface area contributed by atoms with Crippen molar-refractivity contribution in [3.8, 4) is 0 Å². The summed E-state index contributed by atoms with van der Waals surface area (Å²) in [6.45, 7) is 11.0. The molecule has 1 saturated heterocycles. The van der Waals surface area contributed by atoms with Crippen LogP contribution in [0.15, 0.2) is 48.5 Å². The first-order chi connectivity index (χ1) is 14.4. The van der Waals surface area contributed by atoms with Crippen molar-refractivity contribution in [2.75, 3.05) is 19.6 Å². The minimum absolute atomic E-state index is 0. The van der Waals surface area contributed by atoms with Crippen molar-refractivity contribution in [2.24, 2.45) is 5.92 Å². The van der Waals surface area contributed by atoms with Crippen LogP contribution in [-0.2, 0) is 23.6 Å². The van der Waals surface area contributed by atoms with Crippen LogP contribution in [0.2, 0.25) is 0 Å². The van der Waals surface area contributed by atoms with E-state index < -0.39 is 17.3 Å². The van der Waals surface area contributed by atoms with E-state index in [1.807, 2.05) is 0 Å². The van der Waals surface area contributed by atoms with Gasteiger partial charge in [-0.05, 0) is 54.0 Å². The summed E-state index contributed by atoms with van der Waals surface area (Å²) in [7, 11) is 0. The van der Waals surface area contributed by atoms with Crippen molar-refractivity contribution in [3.63, 3.8) is 0 Å². The summed E-state index contributed by atoms with van der Waals surface area (Å²) < 4.78 is 39.2. The summed E-state index contributed by atoms with van der Waals surface area (Å²) >= 11 is 0. The van der Waals surface area contributed by atoms with Crippen LogP contribution in [-0.4, -0.2) is 29.6 Å². The Morgan fingerprint density at radius 2 is 1.56 bits per heavy atom. The Morgan fingerprint density at radius 3 is 2.09 bits per heavy atom. The minimum Gasteiger partial charge on any atom is -0.385 e. The molecule has 6 heteroatoms. The lowest BCUT2D eigenvalue weighted by Gasteiger charge is -2.41. The highest BCUT2D eigenvalue weighted by atomic mass is 35.5. The van der Waals surface area contributed by atoms with E-state index >= 15 is 0 Å². The fourth-order valence-electron chi connectivity index (χ4n) is 4.57. The highest BCUT2D eigenvalue weighted by molar-refractivity contribution is 5.85. The summed E-state index contributed by atoms with van der Waals surface area (Å²) in [4.78, 5) is 2.31. The molecule has 2 aromatic carbocycles. The quantitative estimate of drug-likeness (QED) is 0.516. The third-order valence-electron chi connectivity index (χ3n) is 6.41. The number of aliphatic hydroxyl groups is 1. The number of nitrogens with zero attached hydrogens (tertiary/aromatic N) is 1. The number of alkyl halides is 3. The van der Waals surface area contributed by atoms with Crippen LogP contribution in [0.3, 0.4) is 0 Å². The van der Waals surface area contributed by atoms with Crippen LogP contribution in [0.5, 0.6) is 0 Å². The van der Waals surface area contributed by atoms with Gasteiger partial charge in [0.05, 0.1) is 11.2 Å². The van der Waals surface area contributed by atoms with Gasteiger partial charge in [0.2, 0.25) is 0 Å². The minimum atomic E-state index is -4.40. The molecule has 0 unspecified atom stereocenters. The Labute approximate surface area is 196 Å². The molecule has 1 fully saturated rings. The summed E-state index contributed by atoms with van der Waals surface area (Å²) in [5, 5.41) is 11.1. The van der Waals surface area contributed by atoms with Crippen molar-refractivity contribution in [1.82, 2.24) is 4.90 Å². The number of rotatable bonds is 6. The van der Waals surface area contributed by atoms with Crippen LogP contribution in [0.1, 0.15) is 62.8 Å². The lowest BCUT2D eigenvalue weighted by molar-refractivity contribution is -0.137. The second-order valence-electron chi connectivity index (χ2n) is 10.1. The molecule has 0 radical (unpaired) electrons. The van der Waals surface area contributed by atoms with Crippen LogP contribution in [0.25, 0.3) is 0 Å². The fourth-order valence-corrected chi connectivity index (χ4v) is 4.57. The summed E-state index contributed by atoms with van der Waals surface area (Å²) in [6, 6.07) is 14.0. The Morgan fingerprint density at radius 1 is 0.969 bits per heavy atom. The maximum Gasteiger partial charge on any atom is 0.416 e. The molecule has 178 valence electrons. The fraction of sp³-hybridized carbons (Fsp3) is 0.538. The van der Waals surface area contributed by atoms with Crippen molar-refractivity contribution >= 4 is 12.4 Å². The van der Waals surface area contributed by atoms with Gasteiger partial charge in [-0.1, -0.05) is 64.1 Å². The van der Waals surface area contributed by atoms with E-state index in [1.54, 1.807) is 6.07 Å². The van der Waals surface area contributed by atoms with E-state index in [0.717, 1.165) is 25.1 Å². The van der Waals surface area contributed by atoms with Gasteiger partial charge in [0.1, 0.15) is 0 Å². The molecule has 0 aromatic heterocycles. The molecule has 0 amide bonds. The number of likely N-dealkylation sites (tertiary alicyclic amines) is 1. The van der Waals surface area contributed by atoms with Crippen LogP contribution < -0.4 is 0 Å². The van der Waals surface area contributed by atoms with Gasteiger partial charge in [-0.25, -0.2) is 0 Å².